The fourth-order valence-corrected chi connectivity index (χ4v) is 2.72. The van der Waals surface area contributed by atoms with E-state index in [-0.39, 0.29) is 24.7 Å². The van der Waals surface area contributed by atoms with Crippen LogP contribution in [0, 0.1) is 0 Å². The second-order valence-corrected chi connectivity index (χ2v) is 6.07. The van der Waals surface area contributed by atoms with Gasteiger partial charge in [0.15, 0.2) is 6.61 Å². The maximum atomic E-state index is 12.1. The SMILES string of the molecule is CC(NC(=O)CCC1CCCCO1)c1ccc(OCC(=O)O)cc1. The first-order chi connectivity index (χ1) is 11.5. The van der Waals surface area contributed by atoms with Crippen LogP contribution in [0.4, 0.5) is 0 Å². The fourth-order valence-electron chi connectivity index (χ4n) is 2.72. The van der Waals surface area contributed by atoms with Crippen LogP contribution in [0.5, 0.6) is 5.75 Å². The summed E-state index contributed by atoms with van der Waals surface area (Å²) in [4.78, 5) is 22.5. The van der Waals surface area contributed by atoms with E-state index in [1.807, 2.05) is 19.1 Å². The topological polar surface area (TPSA) is 84.9 Å². The highest BCUT2D eigenvalue weighted by atomic mass is 16.5. The third-order valence-corrected chi connectivity index (χ3v) is 4.09. The number of carbonyl (C=O) groups excluding carboxylic acids is 1. The largest absolute Gasteiger partial charge is 0.482 e. The van der Waals surface area contributed by atoms with Crippen LogP contribution >= 0.6 is 0 Å². The number of aliphatic carboxylic acids is 1. The molecular formula is C18H25NO5. The van der Waals surface area contributed by atoms with Crippen LogP contribution in [0.15, 0.2) is 24.3 Å². The molecule has 1 saturated heterocycles. The highest BCUT2D eigenvalue weighted by molar-refractivity contribution is 5.76. The molecule has 2 N–H and O–H groups in total. The summed E-state index contributed by atoms with van der Waals surface area (Å²) in [6, 6.07) is 6.95. The molecule has 132 valence electrons. The molecule has 0 aromatic heterocycles. The molecule has 1 fully saturated rings. The van der Waals surface area contributed by atoms with Crippen LogP contribution in [-0.2, 0) is 14.3 Å². The van der Waals surface area contributed by atoms with Gasteiger partial charge in [-0.15, -0.1) is 0 Å². The van der Waals surface area contributed by atoms with E-state index >= 15 is 0 Å². The van der Waals surface area contributed by atoms with Crippen molar-refractivity contribution in [3.8, 4) is 5.75 Å². The van der Waals surface area contributed by atoms with Crippen LogP contribution in [0.25, 0.3) is 0 Å². The van der Waals surface area contributed by atoms with Crippen molar-refractivity contribution in [2.24, 2.45) is 0 Å². The summed E-state index contributed by atoms with van der Waals surface area (Å²) in [6.45, 7) is 2.36. The lowest BCUT2D eigenvalue weighted by Crippen LogP contribution is -2.28. The Labute approximate surface area is 142 Å². The molecule has 6 nitrogen and oxygen atoms in total. The van der Waals surface area contributed by atoms with Gasteiger partial charge >= 0.3 is 5.97 Å². The molecule has 1 aliphatic rings. The maximum absolute atomic E-state index is 12.1. The summed E-state index contributed by atoms with van der Waals surface area (Å²) in [5.41, 5.74) is 0.944. The third-order valence-electron chi connectivity index (χ3n) is 4.09. The Morgan fingerprint density at radius 1 is 1.33 bits per heavy atom. The number of hydrogen-bond acceptors (Lipinski definition) is 4. The molecular weight excluding hydrogens is 310 g/mol. The average Bonchev–Trinajstić information content (AvgIpc) is 2.59. The molecule has 2 unspecified atom stereocenters. The van der Waals surface area contributed by atoms with Gasteiger partial charge in [-0.3, -0.25) is 4.79 Å². The first-order valence-electron chi connectivity index (χ1n) is 8.40. The summed E-state index contributed by atoms with van der Waals surface area (Å²) >= 11 is 0. The van der Waals surface area contributed by atoms with Crippen molar-refractivity contribution in [2.75, 3.05) is 13.2 Å². The van der Waals surface area contributed by atoms with Gasteiger partial charge in [0.2, 0.25) is 5.91 Å². The minimum Gasteiger partial charge on any atom is -0.482 e. The number of carbonyl (C=O) groups is 2. The summed E-state index contributed by atoms with van der Waals surface area (Å²) in [6.07, 6.45) is 4.78. The molecule has 1 heterocycles. The molecule has 0 radical (unpaired) electrons. The predicted octanol–water partition coefficient (Wildman–Crippen LogP) is 2.68. The molecule has 1 aromatic carbocycles. The lowest BCUT2D eigenvalue weighted by Gasteiger charge is -2.22. The lowest BCUT2D eigenvalue weighted by atomic mass is 10.0. The van der Waals surface area contributed by atoms with E-state index in [0.29, 0.717) is 12.2 Å². The van der Waals surface area contributed by atoms with Crippen LogP contribution < -0.4 is 10.1 Å². The number of hydrogen-bond donors (Lipinski definition) is 2. The predicted molar refractivity (Wildman–Crippen MR) is 89.0 cm³/mol. The van der Waals surface area contributed by atoms with Gasteiger partial charge in [-0.25, -0.2) is 4.79 Å². The number of carboxylic acid groups (broad SMARTS) is 1. The first-order valence-corrected chi connectivity index (χ1v) is 8.40. The van der Waals surface area contributed by atoms with Gasteiger partial charge < -0.3 is 19.9 Å². The molecule has 0 spiro atoms. The van der Waals surface area contributed by atoms with Gasteiger partial charge in [0.05, 0.1) is 12.1 Å². The van der Waals surface area contributed by atoms with E-state index in [4.69, 9.17) is 14.6 Å². The molecule has 1 amide bonds. The van der Waals surface area contributed by atoms with E-state index in [1.165, 1.54) is 6.42 Å². The standard InChI is InChI=1S/C18H25NO5/c1-13(14-5-7-16(8-6-14)24-12-18(21)22)19-17(20)10-9-15-4-2-3-11-23-15/h5-8,13,15H,2-4,9-12H2,1H3,(H,19,20)(H,21,22). The summed E-state index contributed by atoms with van der Waals surface area (Å²) in [5, 5.41) is 11.6. The van der Waals surface area contributed by atoms with Crippen molar-refractivity contribution < 1.29 is 24.2 Å². The Morgan fingerprint density at radius 2 is 2.08 bits per heavy atom. The van der Waals surface area contributed by atoms with Crippen molar-refractivity contribution in [2.45, 2.75) is 51.2 Å². The van der Waals surface area contributed by atoms with Crippen LogP contribution in [0.2, 0.25) is 0 Å². The monoisotopic (exact) mass is 335 g/mol. The van der Waals surface area contributed by atoms with Gasteiger partial charge in [0.1, 0.15) is 5.75 Å². The molecule has 6 heteroatoms. The van der Waals surface area contributed by atoms with Gasteiger partial charge in [-0.1, -0.05) is 12.1 Å². The van der Waals surface area contributed by atoms with Crippen molar-refractivity contribution in [3.63, 3.8) is 0 Å². The maximum Gasteiger partial charge on any atom is 0.341 e. The minimum absolute atomic E-state index is 0.0166. The average molecular weight is 335 g/mol. The molecule has 1 aromatic rings. The molecule has 24 heavy (non-hydrogen) atoms. The number of rotatable bonds is 8. The Bertz CT molecular complexity index is 537. The Balaban J connectivity index is 1.75. The summed E-state index contributed by atoms with van der Waals surface area (Å²) < 4.78 is 10.7. The summed E-state index contributed by atoms with van der Waals surface area (Å²) in [7, 11) is 0. The number of carboxylic acids is 1. The van der Waals surface area contributed by atoms with Crippen molar-refractivity contribution in [1.29, 1.82) is 0 Å². The minimum atomic E-state index is -1.01. The van der Waals surface area contributed by atoms with Crippen LogP contribution in [0.3, 0.4) is 0 Å². The molecule has 2 rings (SSSR count). The van der Waals surface area contributed by atoms with Crippen LogP contribution in [-0.4, -0.2) is 36.3 Å². The summed E-state index contributed by atoms with van der Waals surface area (Å²) in [5.74, 6) is -0.501. The normalized spacial score (nSPS) is 18.6. The van der Waals surface area contributed by atoms with E-state index < -0.39 is 5.97 Å². The van der Waals surface area contributed by atoms with Gasteiger partial charge in [-0.05, 0) is 50.3 Å². The highest BCUT2D eigenvalue weighted by Crippen LogP contribution is 2.19. The fraction of sp³-hybridized carbons (Fsp3) is 0.556. The first kappa shape index (κ1) is 18.3. The number of nitrogens with one attached hydrogen (secondary N) is 1. The Hall–Kier alpha value is -2.08. The third kappa shape index (κ3) is 6.20. The van der Waals surface area contributed by atoms with Crippen molar-refractivity contribution >= 4 is 11.9 Å². The Morgan fingerprint density at radius 3 is 2.71 bits per heavy atom. The van der Waals surface area contributed by atoms with E-state index in [1.54, 1.807) is 12.1 Å². The molecule has 0 saturated carbocycles. The highest BCUT2D eigenvalue weighted by Gasteiger charge is 2.16. The molecule has 0 bridgehead atoms. The van der Waals surface area contributed by atoms with E-state index in [2.05, 4.69) is 5.32 Å². The zero-order valence-electron chi connectivity index (χ0n) is 14.0. The Kier molecular flexibility index (Phi) is 7.06. The van der Waals surface area contributed by atoms with E-state index in [0.717, 1.165) is 31.4 Å². The zero-order valence-corrected chi connectivity index (χ0v) is 14.0. The molecule has 2 atom stereocenters. The van der Waals surface area contributed by atoms with Crippen molar-refractivity contribution in [3.05, 3.63) is 29.8 Å². The van der Waals surface area contributed by atoms with Crippen molar-refractivity contribution in [1.82, 2.24) is 5.32 Å². The zero-order chi connectivity index (χ0) is 17.4. The number of benzene rings is 1. The van der Waals surface area contributed by atoms with Gasteiger partial charge in [-0.2, -0.15) is 0 Å². The quantitative estimate of drug-likeness (QED) is 0.763. The number of amides is 1. The van der Waals surface area contributed by atoms with Crippen LogP contribution in [0.1, 0.15) is 50.6 Å². The second-order valence-electron chi connectivity index (χ2n) is 6.07. The molecule has 1 aliphatic heterocycles. The van der Waals surface area contributed by atoms with Gasteiger partial charge in [0.25, 0.3) is 0 Å². The van der Waals surface area contributed by atoms with E-state index in [9.17, 15) is 9.59 Å². The molecule has 0 aliphatic carbocycles. The second kappa shape index (κ2) is 9.27. The smallest absolute Gasteiger partial charge is 0.341 e. The lowest BCUT2D eigenvalue weighted by molar-refractivity contribution is -0.139. The number of ether oxygens (including phenoxy) is 2. The van der Waals surface area contributed by atoms with Gasteiger partial charge in [0, 0.05) is 13.0 Å².